The lowest BCUT2D eigenvalue weighted by Gasteiger charge is -2.23. The second-order valence-electron chi connectivity index (χ2n) is 7.24. The minimum Gasteiger partial charge on any atom is -0.454 e. The number of hydrogen-bond acceptors (Lipinski definition) is 5. The highest BCUT2D eigenvalue weighted by Gasteiger charge is 2.25. The van der Waals surface area contributed by atoms with Crippen LogP contribution in [0.2, 0.25) is 0 Å². The van der Waals surface area contributed by atoms with E-state index in [1.54, 1.807) is 42.5 Å². The molecule has 3 aromatic rings. The summed E-state index contributed by atoms with van der Waals surface area (Å²) in [5.41, 5.74) is 2.06. The third kappa shape index (κ3) is 5.75. The van der Waals surface area contributed by atoms with E-state index in [1.165, 1.54) is 34.6 Å². The Morgan fingerprint density at radius 2 is 1.64 bits per heavy atom. The fourth-order valence-electron chi connectivity index (χ4n) is 3.19. The molecule has 0 bridgehead atoms. The first-order valence-corrected chi connectivity index (χ1v) is 11.9. The van der Waals surface area contributed by atoms with Crippen LogP contribution in [0.5, 0.6) is 0 Å². The summed E-state index contributed by atoms with van der Waals surface area (Å²) in [6, 6.07) is 21.3. The van der Waals surface area contributed by atoms with Crippen LogP contribution >= 0.6 is 0 Å². The lowest BCUT2D eigenvalue weighted by atomic mass is 10.1. The Labute approximate surface area is 194 Å². The van der Waals surface area contributed by atoms with E-state index in [9.17, 15) is 18.0 Å². The van der Waals surface area contributed by atoms with E-state index in [-0.39, 0.29) is 22.8 Å². The third-order valence-corrected chi connectivity index (χ3v) is 6.81. The van der Waals surface area contributed by atoms with Crippen LogP contribution in [0.4, 0.5) is 5.69 Å². The van der Waals surface area contributed by atoms with Gasteiger partial charge in [0.2, 0.25) is 0 Å². The minimum absolute atomic E-state index is 0.0387. The Bertz CT molecular complexity index is 1240. The van der Waals surface area contributed by atoms with Crippen LogP contribution in [0.3, 0.4) is 0 Å². The molecule has 0 saturated carbocycles. The van der Waals surface area contributed by atoms with E-state index in [1.807, 2.05) is 19.1 Å². The number of ether oxygens (including phenoxy) is 1. The highest BCUT2D eigenvalue weighted by atomic mass is 32.2. The number of ketones is 1. The Morgan fingerprint density at radius 1 is 0.939 bits per heavy atom. The molecule has 0 unspecified atom stereocenters. The molecule has 3 rings (SSSR count). The summed E-state index contributed by atoms with van der Waals surface area (Å²) in [5, 5.41) is 0. The third-order valence-electron chi connectivity index (χ3n) is 5.02. The smallest absolute Gasteiger partial charge is 0.338 e. The number of rotatable bonds is 10. The maximum absolute atomic E-state index is 13.3. The van der Waals surface area contributed by atoms with Crippen molar-refractivity contribution >= 4 is 27.5 Å². The summed E-state index contributed by atoms with van der Waals surface area (Å²) in [5.74, 6) is -1.11. The van der Waals surface area contributed by atoms with Gasteiger partial charge in [0.15, 0.2) is 12.4 Å². The normalized spacial score (nSPS) is 10.9. The van der Waals surface area contributed by atoms with Gasteiger partial charge in [-0.05, 0) is 42.3 Å². The number of esters is 1. The first-order chi connectivity index (χ1) is 15.9. The average molecular weight is 464 g/mol. The molecule has 0 spiro atoms. The molecule has 3 aromatic carbocycles. The maximum Gasteiger partial charge on any atom is 0.338 e. The fraction of sp³-hybridized carbons (Fsp3) is 0.154. The summed E-state index contributed by atoms with van der Waals surface area (Å²) < 4.78 is 32.9. The number of para-hydroxylation sites is 1. The second kappa shape index (κ2) is 10.7. The number of benzene rings is 3. The molecule has 6 nitrogen and oxygen atoms in total. The van der Waals surface area contributed by atoms with Crippen molar-refractivity contribution in [2.75, 3.05) is 17.5 Å². The van der Waals surface area contributed by atoms with E-state index < -0.39 is 22.6 Å². The summed E-state index contributed by atoms with van der Waals surface area (Å²) in [6.45, 7) is 5.28. The molecular formula is C26H25NO5S. The van der Waals surface area contributed by atoms with Crippen LogP contribution in [0.25, 0.3) is 0 Å². The molecule has 0 heterocycles. The number of Topliss-reactive ketones (excluding diaryl/α,β-unsaturated/α-hetero) is 1. The molecule has 7 heteroatoms. The molecule has 0 aliphatic carbocycles. The van der Waals surface area contributed by atoms with Crippen LogP contribution in [0.1, 0.15) is 33.2 Å². The largest absolute Gasteiger partial charge is 0.454 e. The molecule has 0 fully saturated rings. The lowest BCUT2D eigenvalue weighted by Crippen LogP contribution is -2.31. The van der Waals surface area contributed by atoms with Gasteiger partial charge < -0.3 is 4.74 Å². The molecule has 0 amide bonds. The molecular weight excluding hydrogens is 438 g/mol. The van der Waals surface area contributed by atoms with Crippen LogP contribution in [-0.2, 0) is 21.2 Å². The number of aryl methyl sites for hydroxylation is 1. The molecule has 0 aliphatic rings. The quantitative estimate of drug-likeness (QED) is 0.248. The number of nitrogens with zero attached hydrogens (tertiary/aromatic N) is 1. The Kier molecular flexibility index (Phi) is 7.79. The van der Waals surface area contributed by atoms with Gasteiger partial charge in [-0.25, -0.2) is 13.2 Å². The van der Waals surface area contributed by atoms with Gasteiger partial charge in [-0.2, -0.15) is 0 Å². The zero-order valence-corrected chi connectivity index (χ0v) is 19.1. The number of carbonyl (C=O) groups is 2. The Hall–Kier alpha value is -3.71. The molecule has 170 valence electrons. The van der Waals surface area contributed by atoms with Crippen molar-refractivity contribution in [1.29, 1.82) is 0 Å². The number of anilines is 1. The van der Waals surface area contributed by atoms with Crippen molar-refractivity contribution < 1.29 is 22.7 Å². The first kappa shape index (κ1) is 23.9. The molecule has 0 N–H and O–H groups in total. The highest BCUT2D eigenvalue weighted by molar-refractivity contribution is 7.92. The fourth-order valence-corrected chi connectivity index (χ4v) is 4.67. The summed E-state index contributed by atoms with van der Waals surface area (Å²) >= 11 is 0. The molecule has 0 radical (unpaired) electrons. The SMILES string of the molecule is C=CCN(c1ccccc1)S(=O)(=O)c1cccc(C(=O)OCC(=O)c2ccc(CC)cc2)c1. The Morgan fingerprint density at radius 3 is 2.27 bits per heavy atom. The number of carbonyl (C=O) groups excluding carboxylic acids is 2. The topological polar surface area (TPSA) is 80.8 Å². The van der Waals surface area contributed by atoms with Crippen molar-refractivity contribution in [3.8, 4) is 0 Å². The van der Waals surface area contributed by atoms with Crippen molar-refractivity contribution in [1.82, 2.24) is 0 Å². The van der Waals surface area contributed by atoms with Crippen molar-refractivity contribution in [2.45, 2.75) is 18.2 Å². The van der Waals surface area contributed by atoms with Gasteiger partial charge in [-0.15, -0.1) is 6.58 Å². The van der Waals surface area contributed by atoms with Crippen molar-refractivity contribution in [3.63, 3.8) is 0 Å². The van der Waals surface area contributed by atoms with Crippen LogP contribution in [0, 0.1) is 0 Å². The van der Waals surface area contributed by atoms with Gasteiger partial charge in [-0.1, -0.05) is 61.5 Å². The molecule has 0 saturated heterocycles. The predicted molar refractivity (Wildman–Crippen MR) is 128 cm³/mol. The van der Waals surface area contributed by atoms with E-state index >= 15 is 0 Å². The van der Waals surface area contributed by atoms with Crippen LogP contribution in [-0.4, -0.2) is 33.3 Å². The predicted octanol–water partition coefficient (Wildman–Crippen LogP) is 4.67. The summed E-state index contributed by atoms with van der Waals surface area (Å²) in [7, 11) is -3.97. The van der Waals surface area contributed by atoms with E-state index in [0.717, 1.165) is 12.0 Å². The molecule has 0 aromatic heterocycles. The van der Waals surface area contributed by atoms with Gasteiger partial charge in [0.1, 0.15) is 0 Å². The van der Waals surface area contributed by atoms with Crippen LogP contribution in [0.15, 0.2) is 96.4 Å². The molecule has 0 atom stereocenters. The highest BCUT2D eigenvalue weighted by Crippen LogP contribution is 2.24. The van der Waals surface area contributed by atoms with Crippen molar-refractivity contribution in [3.05, 3.63) is 108 Å². The van der Waals surface area contributed by atoms with E-state index in [0.29, 0.717) is 11.3 Å². The summed E-state index contributed by atoms with van der Waals surface area (Å²) in [6.07, 6.45) is 2.35. The summed E-state index contributed by atoms with van der Waals surface area (Å²) in [4.78, 5) is 24.8. The van der Waals surface area contributed by atoms with Gasteiger partial charge in [0, 0.05) is 5.56 Å². The average Bonchev–Trinajstić information content (AvgIpc) is 2.86. The van der Waals surface area contributed by atoms with Gasteiger partial charge in [0.05, 0.1) is 22.7 Å². The standard InChI is InChI=1S/C26H25NO5S/c1-3-17-27(23-10-6-5-7-11-23)33(30,31)24-12-8-9-22(18-24)26(29)32-19-25(28)21-15-13-20(4-2)14-16-21/h3,5-16,18H,1,4,17,19H2,2H3. The van der Waals surface area contributed by atoms with E-state index in [2.05, 4.69) is 6.58 Å². The minimum atomic E-state index is -3.97. The van der Waals surface area contributed by atoms with E-state index in [4.69, 9.17) is 4.74 Å². The monoisotopic (exact) mass is 463 g/mol. The first-order valence-electron chi connectivity index (χ1n) is 10.4. The number of hydrogen-bond donors (Lipinski definition) is 0. The Balaban J connectivity index is 1.76. The molecule has 33 heavy (non-hydrogen) atoms. The zero-order chi connectivity index (χ0) is 23.8. The lowest BCUT2D eigenvalue weighted by molar-refractivity contribution is 0.0474. The van der Waals surface area contributed by atoms with Gasteiger partial charge in [0.25, 0.3) is 10.0 Å². The van der Waals surface area contributed by atoms with Crippen molar-refractivity contribution in [2.24, 2.45) is 0 Å². The van der Waals surface area contributed by atoms with Gasteiger partial charge in [-0.3, -0.25) is 9.10 Å². The maximum atomic E-state index is 13.3. The number of sulfonamides is 1. The zero-order valence-electron chi connectivity index (χ0n) is 18.3. The van der Waals surface area contributed by atoms with Crippen LogP contribution < -0.4 is 4.31 Å². The second-order valence-corrected chi connectivity index (χ2v) is 9.10. The van der Waals surface area contributed by atoms with Gasteiger partial charge >= 0.3 is 5.97 Å². The molecule has 0 aliphatic heterocycles.